The molecule has 2 aromatic carbocycles. The Hall–Kier alpha value is -2.54. The fraction of sp³-hybridized carbons (Fsp3) is 0.182. The standard InChI is InChI=1S/C22H22O/c1-15(2)14-16(3)21-17(4)23-20-13-9-8-12-19(20)22(21)18-10-6-5-7-11-18/h5-14,22H,3H2,1-2,4H3/t22-/m1/s1. The first kappa shape index (κ1) is 15.4. The summed E-state index contributed by atoms with van der Waals surface area (Å²) in [7, 11) is 0. The van der Waals surface area contributed by atoms with Crippen LogP contribution in [0.5, 0.6) is 5.75 Å². The lowest BCUT2D eigenvalue weighted by Gasteiger charge is -2.30. The summed E-state index contributed by atoms with van der Waals surface area (Å²) < 4.78 is 6.09. The maximum atomic E-state index is 6.09. The first-order valence-corrected chi connectivity index (χ1v) is 7.94. The van der Waals surface area contributed by atoms with Gasteiger partial charge >= 0.3 is 0 Å². The van der Waals surface area contributed by atoms with Crippen molar-refractivity contribution < 1.29 is 4.74 Å². The van der Waals surface area contributed by atoms with E-state index in [-0.39, 0.29) is 5.92 Å². The van der Waals surface area contributed by atoms with Crippen LogP contribution in [0.1, 0.15) is 37.8 Å². The lowest BCUT2D eigenvalue weighted by Crippen LogP contribution is -2.16. The number of hydrogen-bond donors (Lipinski definition) is 0. The average molecular weight is 302 g/mol. The number of rotatable bonds is 3. The molecule has 1 heteroatoms. The van der Waals surface area contributed by atoms with Crippen LogP contribution >= 0.6 is 0 Å². The summed E-state index contributed by atoms with van der Waals surface area (Å²) >= 11 is 0. The number of benzene rings is 2. The lowest BCUT2D eigenvalue weighted by molar-refractivity contribution is 0.400. The summed E-state index contributed by atoms with van der Waals surface area (Å²) in [6, 6.07) is 18.9. The Morgan fingerprint density at radius 3 is 2.35 bits per heavy atom. The van der Waals surface area contributed by atoms with Crippen molar-refractivity contribution >= 4 is 0 Å². The Morgan fingerprint density at radius 1 is 1.00 bits per heavy atom. The fourth-order valence-corrected chi connectivity index (χ4v) is 3.22. The summed E-state index contributed by atoms with van der Waals surface area (Å²) in [5.74, 6) is 2.02. The predicted molar refractivity (Wildman–Crippen MR) is 96.6 cm³/mol. The molecular formula is C22H22O. The van der Waals surface area contributed by atoms with Crippen molar-refractivity contribution in [2.45, 2.75) is 26.7 Å². The van der Waals surface area contributed by atoms with Crippen LogP contribution in [-0.2, 0) is 0 Å². The van der Waals surface area contributed by atoms with Crippen molar-refractivity contribution in [1.82, 2.24) is 0 Å². The minimum absolute atomic E-state index is 0.157. The molecule has 0 fully saturated rings. The molecule has 0 aromatic heterocycles. The summed E-state index contributed by atoms with van der Waals surface area (Å²) in [4.78, 5) is 0. The topological polar surface area (TPSA) is 9.23 Å². The van der Waals surface area contributed by atoms with Gasteiger partial charge in [-0.25, -0.2) is 0 Å². The molecule has 1 atom stereocenters. The zero-order valence-corrected chi connectivity index (χ0v) is 14.0. The van der Waals surface area contributed by atoms with E-state index >= 15 is 0 Å². The molecule has 0 saturated heterocycles. The molecule has 0 N–H and O–H groups in total. The van der Waals surface area contributed by atoms with E-state index in [9.17, 15) is 0 Å². The third-order valence-electron chi connectivity index (χ3n) is 4.10. The minimum Gasteiger partial charge on any atom is -0.461 e. The molecule has 2 aromatic rings. The van der Waals surface area contributed by atoms with E-state index in [1.165, 1.54) is 16.7 Å². The Balaban J connectivity index is 2.20. The lowest BCUT2D eigenvalue weighted by atomic mass is 9.79. The molecule has 116 valence electrons. The molecule has 1 aliphatic heterocycles. The molecule has 1 nitrogen and oxygen atoms in total. The summed E-state index contributed by atoms with van der Waals surface area (Å²) in [6.45, 7) is 10.5. The Labute approximate surface area is 138 Å². The van der Waals surface area contributed by atoms with Gasteiger partial charge in [0.05, 0.1) is 0 Å². The first-order valence-electron chi connectivity index (χ1n) is 7.94. The number of ether oxygens (including phenoxy) is 1. The number of hydrogen-bond acceptors (Lipinski definition) is 1. The van der Waals surface area contributed by atoms with Crippen molar-refractivity contribution in [3.05, 3.63) is 101 Å². The van der Waals surface area contributed by atoms with Crippen LogP contribution in [0.3, 0.4) is 0 Å². The van der Waals surface area contributed by atoms with Crippen molar-refractivity contribution in [2.75, 3.05) is 0 Å². The SMILES string of the molecule is C=C(C=C(C)C)C1=C(C)Oc2ccccc2[C@H]1c1ccccc1. The second-order valence-electron chi connectivity index (χ2n) is 6.20. The highest BCUT2D eigenvalue weighted by molar-refractivity contribution is 5.58. The van der Waals surface area contributed by atoms with Crippen molar-refractivity contribution in [1.29, 1.82) is 0 Å². The highest BCUT2D eigenvalue weighted by atomic mass is 16.5. The Bertz CT molecular complexity index is 790. The smallest absolute Gasteiger partial charge is 0.131 e. The van der Waals surface area contributed by atoms with Gasteiger partial charge in [-0.1, -0.05) is 66.8 Å². The van der Waals surface area contributed by atoms with Gasteiger partial charge in [0.1, 0.15) is 11.5 Å². The molecule has 3 rings (SSSR count). The van der Waals surface area contributed by atoms with Crippen molar-refractivity contribution in [3.8, 4) is 5.75 Å². The largest absolute Gasteiger partial charge is 0.461 e. The summed E-state index contributed by atoms with van der Waals surface area (Å²) in [5, 5.41) is 0. The summed E-state index contributed by atoms with van der Waals surface area (Å²) in [5.41, 5.74) is 5.88. The van der Waals surface area contributed by atoms with Crippen molar-refractivity contribution in [2.24, 2.45) is 0 Å². The monoisotopic (exact) mass is 302 g/mol. The van der Waals surface area contributed by atoms with Crippen LogP contribution in [-0.4, -0.2) is 0 Å². The zero-order chi connectivity index (χ0) is 16.4. The van der Waals surface area contributed by atoms with Gasteiger partial charge in [0, 0.05) is 17.1 Å². The van der Waals surface area contributed by atoms with E-state index in [0.717, 1.165) is 22.7 Å². The van der Waals surface area contributed by atoms with Crippen LogP contribution < -0.4 is 4.74 Å². The van der Waals surface area contributed by atoms with Gasteiger partial charge in [-0.2, -0.15) is 0 Å². The first-order chi connectivity index (χ1) is 11.1. The number of para-hydroxylation sites is 1. The molecule has 23 heavy (non-hydrogen) atoms. The maximum Gasteiger partial charge on any atom is 0.131 e. The second kappa shape index (κ2) is 6.29. The number of fused-ring (bicyclic) bond motifs is 1. The fourth-order valence-electron chi connectivity index (χ4n) is 3.22. The van der Waals surface area contributed by atoms with E-state index in [4.69, 9.17) is 4.74 Å². The quantitative estimate of drug-likeness (QED) is 0.631. The van der Waals surface area contributed by atoms with Gasteiger partial charge in [-0.3, -0.25) is 0 Å². The maximum absolute atomic E-state index is 6.09. The Morgan fingerprint density at radius 2 is 1.65 bits per heavy atom. The average Bonchev–Trinajstić information content (AvgIpc) is 2.53. The Kier molecular flexibility index (Phi) is 4.20. The minimum atomic E-state index is 0.157. The highest BCUT2D eigenvalue weighted by Gasteiger charge is 2.29. The van der Waals surface area contributed by atoms with E-state index < -0.39 is 0 Å². The number of allylic oxidation sites excluding steroid dienone is 5. The predicted octanol–water partition coefficient (Wildman–Crippen LogP) is 6.01. The normalized spacial score (nSPS) is 16.4. The molecule has 1 aliphatic rings. The van der Waals surface area contributed by atoms with Gasteiger partial charge in [0.15, 0.2) is 0 Å². The van der Waals surface area contributed by atoms with Gasteiger partial charge in [-0.15, -0.1) is 0 Å². The van der Waals surface area contributed by atoms with Crippen LogP contribution in [0.25, 0.3) is 0 Å². The van der Waals surface area contributed by atoms with Crippen LogP contribution in [0, 0.1) is 0 Å². The molecule has 0 aliphatic carbocycles. The van der Waals surface area contributed by atoms with E-state index in [1.807, 2.05) is 19.1 Å². The van der Waals surface area contributed by atoms with Crippen molar-refractivity contribution in [3.63, 3.8) is 0 Å². The van der Waals surface area contributed by atoms with Gasteiger partial charge in [0.25, 0.3) is 0 Å². The van der Waals surface area contributed by atoms with E-state index in [1.54, 1.807) is 0 Å². The third-order valence-corrected chi connectivity index (χ3v) is 4.10. The molecule has 0 unspecified atom stereocenters. The third kappa shape index (κ3) is 3.00. The molecule has 0 radical (unpaired) electrons. The van der Waals surface area contributed by atoms with Crippen LogP contribution in [0.4, 0.5) is 0 Å². The van der Waals surface area contributed by atoms with E-state index in [2.05, 4.69) is 69.0 Å². The van der Waals surface area contributed by atoms with Gasteiger partial charge in [0.2, 0.25) is 0 Å². The highest BCUT2D eigenvalue weighted by Crippen LogP contribution is 2.45. The van der Waals surface area contributed by atoms with Gasteiger partial charge < -0.3 is 4.74 Å². The molecule has 0 bridgehead atoms. The second-order valence-corrected chi connectivity index (χ2v) is 6.20. The van der Waals surface area contributed by atoms with Crippen LogP contribution in [0.2, 0.25) is 0 Å². The zero-order valence-electron chi connectivity index (χ0n) is 14.0. The molecule has 1 heterocycles. The van der Waals surface area contributed by atoms with E-state index in [0.29, 0.717) is 0 Å². The van der Waals surface area contributed by atoms with Crippen LogP contribution in [0.15, 0.2) is 89.7 Å². The van der Waals surface area contributed by atoms with Gasteiger partial charge in [-0.05, 0) is 38.0 Å². The molecule has 0 saturated carbocycles. The molecular weight excluding hydrogens is 280 g/mol. The molecule has 0 spiro atoms. The summed E-state index contributed by atoms with van der Waals surface area (Å²) in [6.07, 6.45) is 2.13. The molecule has 0 amide bonds.